The second-order valence-electron chi connectivity index (χ2n) is 10.2. The molecule has 1 saturated carbocycles. The van der Waals surface area contributed by atoms with Crippen LogP contribution in [0, 0.1) is 5.82 Å². The van der Waals surface area contributed by atoms with Crippen molar-refractivity contribution >= 4 is 39.9 Å². The number of rotatable bonds is 9. The first-order chi connectivity index (χ1) is 18.3. The summed E-state index contributed by atoms with van der Waals surface area (Å²) in [4.78, 5) is 40.8. The highest BCUT2D eigenvalue weighted by molar-refractivity contribution is 7.86. The van der Waals surface area contributed by atoms with Crippen molar-refractivity contribution in [1.29, 1.82) is 0 Å². The molecule has 2 atom stereocenters. The van der Waals surface area contributed by atoms with Gasteiger partial charge in [-0.25, -0.2) is 4.39 Å². The molecule has 2 aliphatic carbocycles. The molecule has 0 aromatic heterocycles. The predicted molar refractivity (Wildman–Crippen MR) is 148 cm³/mol. The van der Waals surface area contributed by atoms with Gasteiger partial charge in [0.2, 0.25) is 17.7 Å². The van der Waals surface area contributed by atoms with Crippen LogP contribution < -0.4 is 15.5 Å². The maximum absolute atomic E-state index is 13.6. The minimum atomic E-state index is -1.80. The van der Waals surface area contributed by atoms with Gasteiger partial charge in [0, 0.05) is 28.2 Å². The second kappa shape index (κ2) is 13.1. The summed E-state index contributed by atoms with van der Waals surface area (Å²) in [7, 11) is -1.80. The summed E-state index contributed by atoms with van der Waals surface area (Å²) >= 11 is 0. The number of amides is 3. The van der Waals surface area contributed by atoms with Crippen LogP contribution in [0.15, 0.2) is 42.5 Å². The summed E-state index contributed by atoms with van der Waals surface area (Å²) in [6.07, 6.45) is 9.00. The van der Waals surface area contributed by atoms with E-state index >= 15 is 0 Å². The fraction of sp³-hybridized carbons (Fsp3) is 0.483. The van der Waals surface area contributed by atoms with Crippen molar-refractivity contribution in [2.75, 3.05) is 21.7 Å². The van der Waals surface area contributed by atoms with Crippen LogP contribution in [0.3, 0.4) is 0 Å². The van der Waals surface area contributed by atoms with Crippen LogP contribution in [0.5, 0.6) is 0 Å². The van der Waals surface area contributed by atoms with Crippen molar-refractivity contribution in [2.24, 2.45) is 0 Å². The van der Waals surface area contributed by atoms with Crippen LogP contribution in [0.2, 0.25) is 0 Å². The SMILES string of the molecule is C[C@@H](C(=O)NC1CCCCC1)N(C(=O)C[S@](=O)CC(=O)Nc1ccc(F)cc1)c1cccc2c1CCCC2. The number of carbonyl (C=O) groups excluding carboxylic acids is 3. The van der Waals surface area contributed by atoms with E-state index in [0.29, 0.717) is 11.4 Å². The van der Waals surface area contributed by atoms with E-state index in [9.17, 15) is 23.0 Å². The molecule has 9 heteroatoms. The first-order valence-corrected chi connectivity index (χ1v) is 14.9. The van der Waals surface area contributed by atoms with Gasteiger partial charge in [-0.05, 0) is 86.9 Å². The molecule has 2 aromatic rings. The van der Waals surface area contributed by atoms with Gasteiger partial charge in [0.1, 0.15) is 23.4 Å². The van der Waals surface area contributed by atoms with E-state index in [1.165, 1.54) is 41.1 Å². The van der Waals surface area contributed by atoms with Crippen molar-refractivity contribution in [1.82, 2.24) is 5.32 Å². The number of nitrogens with one attached hydrogen (secondary N) is 2. The predicted octanol–water partition coefficient (Wildman–Crippen LogP) is 4.26. The van der Waals surface area contributed by atoms with Gasteiger partial charge in [0.15, 0.2) is 0 Å². The molecule has 4 rings (SSSR count). The number of hydrogen-bond donors (Lipinski definition) is 2. The van der Waals surface area contributed by atoms with Gasteiger partial charge < -0.3 is 10.6 Å². The monoisotopic (exact) mass is 541 g/mol. The molecule has 0 spiro atoms. The van der Waals surface area contributed by atoms with Crippen LogP contribution in [0.4, 0.5) is 15.8 Å². The maximum atomic E-state index is 13.6. The fourth-order valence-corrected chi connectivity index (χ4v) is 6.25. The van der Waals surface area contributed by atoms with Gasteiger partial charge in [-0.2, -0.15) is 0 Å². The molecule has 7 nitrogen and oxygen atoms in total. The summed E-state index contributed by atoms with van der Waals surface area (Å²) < 4.78 is 26.0. The Morgan fingerprint density at radius 1 is 0.974 bits per heavy atom. The second-order valence-corrected chi connectivity index (χ2v) is 11.6. The minimum Gasteiger partial charge on any atom is -0.352 e. The van der Waals surface area contributed by atoms with Crippen LogP contribution in [-0.2, 0) is 38.0 Å². The van der Waals surface area contributed by atoms with E-state index < -0.39 is 34.5 Å². The first kappa shape index (κ1) is 28.0. The zero-order valence-electron chi connectivity index (χ0n) is 21.8. The Balaban J connectivity index is 1.49. The van der Waals surface area contributed by atoms with E-state index in [2.05, 4.69) is 16.7 Å². The van der Waals surface area contributed by atoms with E-state index in [-0.39, 0.29) is 23.5 Å². The van der Waals surface area contributed by atoms with Gasteiger partial charge in [0.05, 0.1) is 0 Å². The van der Waals surface area contributed by atoms with Crippen LogP contribution in [0.1, 0.15) is 63.0 Å². The Labute approximate surface area is 226 Å². The van der Waals surface area contributed by atoms with Crippen LogP contribution >= 0.6 is 0 Å². The standard InChI is InChI=1S/C29H36FN3O4S/c1-20(29(36)32-23-10-3-2-4-11-23)33(26-13-7-9-21-8-5-6-12-25(21)26)28(35)19-38(37)18-27(34)31-24-16-14-22(30)15-17-24/h7,9,13-17,20,23H,2-6,8,10-12,18-19H2,1H3,(H,31,34)(H,32,36)/t20-,38+/m0/s1. The van der Waals surface area contributed by atoms with E-state index in [0.717, 1.165) is 56.9 Å². The number of fused-ring (bicyclic) bond motifs is 1. The summed E-state index contributed by atoms with van der Waals surface area (Å²) in [5.74, 6) is -2.41. The Bertz CT molecular complexity index is 1180. The maximum Gasteiger partial charge on any atom is 0.243 e. The topological polar surface area (TPSA) is 95.6 Å². The largest absolute Gasteiger partial charge is 0.352 e. The van der Waals surface area contributed by atoms with Crippen molar-refractivity contribution < 1.29 is 23.0 Å². The number of aryl methyl sites for hydroxylation is 1. The summed E-state index contributed by atoms with van der Waals surface area (Å²) in [6, 6.07) is 10.4. The zero-order chi connectivity index (χ0) is 27.1. The molecule has 0 saturated heterocycles. The normalized spacial score (nSPS) is 17.1. The molecule has 2 aliphatic rings. The lowest BCUT2D eigenvalue weighted by molar-refractivity contribution is -0.126. The lowest BCUT2D eigenvalue weighted by atomic mass is 9.89. The quantitative estimate of drug-likeness (QED) is 0.496. The third-order valence-electron chi connectivity index (χ3n) is 7.32. The Morgan fingerprint density at radius 2 is 1.68 bits per heavy atom. The number of halogens is 1. The number of nitrogens with zero attached hydrogens (tertiary/aromatic N) is 1. The molecule has 0 heterocycles. The van der Waals surface area contributed by atoms with Crippen LogP contribution in [-0.4, -0.2) is 45.5 Å². The summed E-state index contributed by atoms with van der Waals surface area (Å²) in [6.45, 7) is 1.71. The highest BCUT2D eigenvalue weighted by Gasteiger charge is 2.32. The van der Waals surface area contributed by atoms with Crippen LogP contribution in [0.25, 0.3) is 0 Å². The average molecular weight is 542 g/mol. The smallest absolute Gasteiger partial charge is 0.243 e. The highest BCUT2D eigenvalue weighted by Crippen LogP contribution is 2.32. The fourth-order valence-electron chi connectivity index (χ4n) is 5.37. The third-order valence-corrected chi connectivity index (χ3v) is 8.48. The van der Waals surface area contributed by atoms with Crippen molar-refractivity contribution in [3.8, 4) is 0 Å². The van der Waals surface area contributed by atoms with Crippen molar-refractivity contribution in [3.05, 3.63) is 59.4 Å². The third kappa shape index (κ3) is 7.28. The Hall–Kier alpha value is -3.07. The molecule has 0 aliphatic heterocycles. The number of carbonyl (C=O) groups is 3. The first-order valence-electron chi connectivity index (χ1n) is 13.5. The van der Waals surface area contributed by atoms with Crippen molar-refractivity contribution in [2.45, 2.75) is 76.8 Å². The molecule has 3 amide bonds. The van der Waals surface area contributed by atoms with Gasteiger partial charge in [0.25, 0.3) is 0 Å². The van der Waals surface area contributed by atoms with E-state index in [1.54, 1.807) is 6.92 Å². The van der Waals surface area contributed by atoms with Gasteiger partial charge in [-0.3, -0.25) is 23.5 Å². The molecule has 0 unspecified atom stereocenters. The molecule has 0 radical (unpaired) electrons. The summed E-state index contributed by atoms with van der Waals surface area (Å²) in [5.41, 5.74) is 3.30. The van der Waals surface area contributed by atoms with E-state index in [1.807, 2.05) is 12.1 Å². The lowest BCUT2D eigenvalue weighted by Gasteiger charge is -2.33. The molecule has 204 valence electrons. The Kier molecular flexibility index (Phi) is 9.66. The van der Waals surface area contributed by atoms with E-state index in [4.69, 9.17) is 0 Å². The minimum absolute atomic E-state index is 0.102. The number of hydrogen-bond acceptors (Lipinski definition) is 4. The van der Waals surface area contributed by atoms with Gasteiger partial charge in [-0.1, -0.05) is 31.4 Å². The average Bonchev–Trinajstić information content (AvgIpc) is 2.90. The molecule has 2 aromatic carbocycles. The molecule has 38 heavy (non-hydrogen) atoms. The highest BCUT2D eigenvalue weighted by atomic mass is 32.2. The molecule has 2 N–H and O–H groups in total. The van der Waals surface area contributed by atoms with Gasteiger partial charge in [-0.15, -0.1) is 0 Å². The molecular formula is C29H36FN3O4S. The number of benzene rings is 2. The molecule has 0 bridgehead atoms. The molecular weight excluding hydrogens is 505 g/mol. The summed E-state index contributed by atoms with van der Waals surface area (Å²) in [5, 5.41) is 5.69. The van der Waals surface area contributed by atoms with Gasteiger partial charge >= 0.3 is 0 Å². The lowest BCUT2D eigenvalue weighted by Crippen LogP contribution is -2.52. The zero-order valence-corrected chi connectivity index (χ0v) is 22.7. The Morgan fingerprint density at radius 3 is 2.42 bits per heavy atom. The molecule has 1 fully saturated rings. The van der Waals surface area contributed by atoms with Crippen molar-refractivity contribution in [3.63, 3.8) is 0 Å². The number of anilines is 2.